The van der Waals surface area contributed by atoms with Gasteiger partial charge >= 0.3 is 0 Å². The van der Waals surface area contributed by atoms with Crippen LogP contribution in [0.5, 0.6) is 0 Å². The zero-order valence-electron chi connectivity index (χ0n) is 24.3. The molecule has 0 N–H and O–H groups in total. The fourth-order valence-electron chi connectivity index (χ4n) is 5.63. The summed E-state index contributed by atoms with van der Waals surface area (Å²) in [7, 11) is 0. The zero-order chi connectivity index (χ0) is 29.2. The summed E-state index contributed by atoms with van der Waals surface area (Å²) in [5.74, 6) is 0.643. The summed E-state index contributed by atoms with van der Waals surface area (Å²) in [4.78, 5) is 9.82. The van der Waals surface area contributed by atoms with Crippen LogP contribution in [0.25, 0.3) is 50.0 Å². The summed E-state index contributed by atoms with van der Waals surface area (Å²) < 4.78 is 0. The highest BCUT2D eigenvalue weighted by Crippen LogP contribution is 2.35. The monoisotopic (exact) mass is 550 g/mol. The van der Waals surface area contributed by atoms with Crippen molar-refractivity contribution in [3.05, 3.63) is 174 Å². The highest BCUT2D eigenvalue weighted by Gasteiger charge is 2.23. The number of hydrogen-bond acceptors (Lipinski definition) is 2. The molecule has 5 aromatic carbocycles. The molecular weight excluding hydrogens is 520 g/mol. The molecule has 0 saturated heterocycles. The number of hydrogen-bond donors (Lipinski definition) is 0. The largest absolute Gasteiger partial charge is 0.227 e. The Morgan fingerprint density at radius 2 is 1.12 bits per heavy atom. The third-order valence-electron chi connectivity index (χ3n) is 8.28. The van der Waals surface area contributed by atoms with Crippen LogP contribution < -0.4 is 0 Å². The van der Waals surface area contributed by atoms with Crippen molar-refractivity contribution in [3.8, 4) is 33.6 Å². The molecule has 0 atom stereocenters. The van der Waals surface area contributed by atoms with Gasteiger partial charge in [0.05, 0.1) is 17.0 Å². The summed E-state index contributed by atoms with van der Waals surface area (Å²) in [6, 6.07) is 45.2. The third-order valence-corrected chi connectivity index (χ3v) is 8.28. The summed E-state index contributed by atoms with van der Waals surface area (Å²) in [5, 5.41) is 2.52. The molecule has 2 heteroatoms. The first kappa shape index (κ1) is 26.4. The lowest BCUT2D eigenvalue weighted by Crippen LogP contribution is -2.18. The molecule has 0 unspecified atom stereocenters. The van der Waals surface area contributed by atoms with Crippen molar-refractivity contribution in [2.24, 2.45) is 0 Å². The van der Waals surface area contributed by atoms with Crippen molar-refractivity contribution in [1.82, 2.24) is 9.97 Å². The summed E-state index contributed by atoms with van der Waals surface area (Å²) >= 11 is 0. The van der Waals surface area contributed by atoms with Gasteiger partial charge in [0.2, 0.25) is 0 Å². The van der Waals surface area contributed by atoms with E-state index in [4.69, 9.17) is 9.97 Å². The van der Waals surface area contributed by atoms with E-state index in [-0.39, 0.29) is 5.41 Å². The molecule has 7 rings (SSSR count). The predicted octanol–water partition coefficient (Wildman–Crippen LogP) is 10.2. The molecule has 0 spiro atoms. The van der Waals surface area contributed by atoms with Crippen LogP contribution in [-0.4, -0.2) is 9.97 Å². The minimum Gasteiger partial charge on any atom is -0.227 e. The molecule has 204 valence electrons. The molecule has 1 aliphatic rings. The normalized spacial score (nSPS) is 12.5. The van der Waals surface area contributed by atoms with Gasteiger partial charge in [0, 0.05) is 16.5 Å². The van der Waals surface area contributed by atoms with Gasteiger partial charge in [0.15, 0.2) is 5.82 Å². The molecule has 0 fully saturated rings. The van der Waals surface area contributed by atoms with Crippen molar-refractivity contribution in [3.63, 3.8) is 0 Å². The maximum absolute atomic E-state index is 4.94. The lowest BCUT2D eigenvalue weighted by atomic mass is 9.77. The van der Waals surface area contributed by atoms with Crippen molar-refractivity contribution in [2.45, 2.75) is 19.3 Å². The second kappa shape index (κ2) is 11.0. The van der Waals surface area contributed by atoms with Gasteiger partial charge in [0.25, 0.3) is 0 Å². The average Bonchev–Trinajstić information content (AvgIpc) is 3.09. The second-order valence-corrected chi connectivity index (χ2v) is 11.4. The SMILES string of the molecule is CC(C)(c1ccc(-c2ccc3ccccc3c2)cc1)c1ccc(-c2cc(-c3ccccc3)nc(C3=C=C=CC=C3)n2)cc1. The Kier molecular flexibility index (Phi) is 6.78. The van der Waals surface area contributed by atoms with E-state index in [0.717, 1.165) is 28.1 Å². The van der Waals surface area contributed by atoms with Gasteiger partial charge in [-0.1, -0.05) is 147 Å². The van der Waals surface area contributed by atoms with Crippen LogP contribution >= 0.6 is 0 Å². The predicted molar refractivity (Wildman–Crippen MR) is 179 cm³/mol. The summed E-state index contributed by atoms with van der Waals surface area (Å²) in [6.45, 7) is 4.57. The van der Waals surface area contributed by atoms with Gasteiger partial charge in [-0.15, -0.1) is 0 Å². The topological polar surface area (TPSA) is 25.8 Å². The number of fused-ring (bicyclic) bond motifs is 1. The first-order chi connectivity index (χ1) is 21.0. The van der Waals surface area contributed by atoms with Crippen LogP contribution in [0, 0.1) is 0 Å². The van der Waals surface area contributed by atoms with Crippen LogP contribution in [0.2, 0.25) is 0 Å². The Bertz CT molecular complexity index is 2080. The molecular formula is C41H30N2. The fraction of sp³-hybridized carbons (Fsp3) is 0.0732. The quantitative estimate of drug-likeness (QED) is 0.193. The first-order valence-corrected chi connectivity index (χ1v) is 14.6. The number of aromatic nitrogens is 2. The van der Waals surface area contributed by atoms with Gasteiger partial charge in [-0.3, -0.25) is 0 Å². The van der Waals surface area contributed by atoms with Gasteiger partial charge in [0.1, 0.15) is 0 Å². The van der Waals surface area contributed by atoms with E-state index in [0.29, 0.717) is 5.82 Å². The minimum atomic E-state index is -0.165. The highest BCUT2D eigenvalue weighted by molar-refractivity contribution is 5.87. The molecule has 0 saturated carbocycles. The molecule has 1 aliphatic carbocycles. The smallest absolute Gasteiger partial charge is 0.168 e. The molecule has 1 aromatic heterocycles. The van der Waals surface area contributed by atoms with Gasteiger partial charge < -0.3 is 0 Å². The summed E-state index contributed by atoms with van der Waals surface area (Å²) in [5.41, 5.74) is 15.7. The Balaban J connectivity index is 1.19. The van der Waals surface area contributed by atoms with E-state index in [1.165, 1.54) is 33.0 Å². The van der Waals surface area contributed by atoms with E-state index in [1.54, 1.807) is 0 Å². The molecule has 43 heavy (non-hydrogen) atoms. The maximum Gasteiger partial charge on any atom is 0.168 e. The first-order valence-electron chi connectivity index (χ1n) is 14.6. The van der Waals surface area contributed by atoms with Gasteiger partial charge in [-0.2, -0.15) is 0 Å². The van der Waals surface area contributed by atoms with E-state index < -0.39 is 0 Å². The molecule has 6 aromatic rings. The molecule has 0 amide bonds. The molecule has 0 aliphatic heterocycles. The van der Waals surface area contributed by atoms with Crippen LogP contribution in [0.1, 0.15) is 30.8 Å². The van der Waals surface area contributed by atoms with Crippen molar-refractivity contribution in [2.75, 3.05) is 0 Å². The minimum absolute atomic E-state index is 0.165. The maximum atomic E-state index is 4.94. The third kappa shape index (κ3) is 5.30. The Morgan fingerprint density at radius 3 is 1.77 bits per heavy atom. The van der Waals surface area contributed by atoms with Crippen LogP contribution in [-0.2, 0) is 5.41 Å². The molecule has 0 bridgehead atoms. The molecule has 2 nitrogen and oxygen atoms in total. The van der Waals surface area contributed by atoms with Crippen LogP contribution in [0.15, 0.2) is 157 Å². The number of nitrogens with zero attached hydrogens (tertiary/aromatic N) is 2. The van der Waals surface area contributed by atoms with Crippen molar-refractivity contribution in [1.29, 1.82) is 0 Å². The molecule has 1 heterocycles. The van der Waals surface area contributed by atoms with Gasteiger partial charge in [-0.25, -0.2) is 9.97 Å². The average molecular weight is 551 g/mol. The zero-order valence-corrected chi connectivity index (χ0v) is 24.3. The fourth-order valence-corrected chi connectivity index (χ4v) is 5.63. The summed E-state index contributed by atoms with van der Waals surface area (Å²) in [6.07, 6.45) is 5.75. The van der Waals surface area contributed by atoms with Crippen LogP contribution in [0.4, 0.5) is 0 Å². The lowest BCUT2D eigenvalue weighted by molar-refractivity contribution is 0.641. The highest BCUT2D eigenvalue weighted by atomic mass is 14.9. The van der Waals surface area contributed by atoms with Gasteiger partial charge in [-0.05, 0) is 57.3 Å². The van der Waals surface area contributed by atoms with E-state index in [2.05, 4.69) is 135 Å². The second-order valence-electron chi connectivity index (χ2n) is 11.4. The Morgan fingerprint density at radius 1 is 0.535 bits per heavy atom. The Hall–Kier alpha value is -5.52. The van der Waals surface area contributed by atoms with Crippen molar-refractivity contribution < 1.29 is 0 Å². The van der Waals surface area contributed by atoms with Crippen LogP contribution in [0.3, 0.4) is 0 Å². The Labute approximate surface area is 252 Å². The van der Waals surface area contributed by atoms with Crippen molar-refractivity contribution >= 4 is 16.3 Å². The van der Waals surface area contributed by atoms with E-state index >= 15 is 0 Å². The lowest BCUT2D eigenvalue weighted by Gasteiger charge is -2.26. The van der Waals surface area contributed by atoms with E-state index in [1.807, 2.05) is 36.4 Å². The number of allylic oxidation sites excluding steroid dienone is 4. The van der Waals surface area contributed by atoms with E-state index in [9.17, 15) is 0 Å². The standard InChI is InChI=1S/C41H30N2/c1-41(2,36-23-19-30(20-24-36)35-18-17-29-11-9-10-16-34(29)27-35)37-25-21-32(22-26-37)39-28-38(31-12-5-3-6-13-31)42-40(43-39)33-14-7-4-8-15-33/h3-7,9-14,16-28H,1-2H3. The number of benzene rings is 5. The number of rotatable bonds is 6. The molecule has 0 radical (unpaired) electrons.